The SMILES string of the molecule is CCSc1cccc(-c2ccnc3[nH]cc(/C=C/C(=O)NCc4ccc(OC)c(OC)c4)c23)c1. The summed E-state index contributed by atoms with van der Waals surface area (Å²) in [5, 5.41) is 3.91. The number of hydrogen-bond acceptors (Lipinski definition) is 5. The number of H-pyrrole nitrogens is 1. The second-order valence-electron chi connectivity index (χ2n) is 7.53. The van der Waals surface area contributed by atoms with Crippen LogP contribution in [0.2, 0.25) is 0 Å². The molecule has 4 aromatic rings. The Bertz CT molecular complexity index is 1330. The minimum atomic E-state index is -0.184. The largest absolute Gasteiger partial charge is 0.493 e. The minimum Gasteiger partial charge on any atom is -0.493 e. The molecule has 0 unspecified atom stereocenters. The van der Waals surface area contributed by atoms with E-state index >= 15 is 0 Å². The Morgan fingerprint density at radius 3 is 2.76 bits per heavy atom. The smallest absolute Gasteiger partial charge is 0.244 e. The maximum atomic E-state index is 12.5. The van der Waals surface area contributed by atoms with Crippen molar-refractivity contribution in [2.45, 2.75) is 18.4 Å². The number of fused-ring (bicyclic) bond motifs is 1. The van der Waals surface area contributed by atoms with Crippen molar-refractivity contribution >= 4 is 34.8 Å². The van der Waals surface area contributed by atoms with E-state index in [1.807, 2.05) is 48.3 Å². The van der Waals surface area contributed by atoms with E-state index in [1.54, 1.807) is 26.5 Å². The molecule has 0 aliphatic carbocycles. The van der Waals surface area contributed by atoms with E-state index in [2.05, 4.69) is 46.5 Å². The molecule has 2 aromatic heterocycles. The van der Waals surface area contributed by atoms with Gasteiger partial charge in [-0.05, 0) is 58.9 Å². The van der Waals surface area contributed by atoms with E-state index < -0.39 is 0 Å². The highest BCUT2D eigenvalue weighted by atomic mass is 32.2. The molecule has 0 radical (unpaired) electrons. The highest BCUT2D eigenvalue weighted by molar-refractivity contribution is 7.99. The van der Waals surface area contributed by atoms with Crippen LogP contribution in [0.4, 0.5) is 0 Å². The number of aromatic nitrogens is 2. The highest BCUT2D eigenvalue weighted by Crippen LogP contribution is 2.33. The number of carbonyl (C=O) groups is 1. The fourth-order valence-electron chi connectivity index (χ4n) is 3.78. The summed E-state index contributed by atoms with van der Waals surface area (Å²) in [6, 6.07) is 16.1. The Morgan fingerprint density at radius 2 is 1.97 bits per heavy atom. The lowest BCUT2D eigenvalue weighted by Gasteiger charge is -2.09. The molecule has 0 fully saturated rings. The van der Waals surface area contributed by atoms with Crippen LogP contribution in [0.5, 0.6) is 11.5 Å². The first kappa shape index (κ1) is 23.4. The van der Waals surface area contributed by atoms with Crippen molar-refractivity contribution < 1.29 is 14.3 Å². The third kappa shape index (κ3) is 5.26. The van der Waals surface area contributed by atoms with Crippen molar-refractivity contribution in [2.75, 3.05) is 20.0 Å². The van der Waals surface area contributed by atoms with Crippen molar-refractivity contribution in [1.29, 1.82) is 0 Å². The number of amides is 1. The number of aromatic amines is 1. The summed E-state index contributed by atoms with van der Waals surface area (Å²) in [5.41, 5.74) is 4.82. The van der Waals surface area contributed by atoms with Gasteiger partial charge >= 0.3 is 0 Å². The number of benzene rings is 2. The van der Waals surface area contributed by atoms with Crippen LogP contribution in [0.25, 0.3) is 28.2 Å². The molecular formula is C27H27N3O3S. The van der Waals surface area contributed by atoms with Gasteiger partial charge in [-0.3, -0.25) is 4.79 Å². The Labute approximate surface area is 203 Å². The third-order valence-corrected chi connectivity index (χ3v) is 6.26. The first-order chi connectivity index (χ1) is 16.6. The van der Waals surface area contributed by atoms with Crippen LogP contribution < -0.4 is 14.8 Å². The summed E-state index contributed by atoms with van der Waals surface area (Å²) in [4.78, 5) is 21.4. The zero-order valence-electron chi connectivity index (χ0n) is 19.4. The van der Waals surface area contributed by atoms with Crippen LogP contribution >= 0.6 is 11.8 Å². The lowest BCUT2D eigenvalue weighted by molar-refractivity contribution is -0.116. The molecule has 0 bridgehead atoms. The molecule has 0 atom stereocenters. The predicted octanol–water partition coefficient (Wildman–Crippen LogP) is 5.69. The van der Waals surface area contributed by atoms with Crippen molar-refractivity contribution in [3.05, 3.63) is 78.1 Å². The molecule has 2 aromatic carbocycles. The summed E-state index contributed by atoms with van der Waals surface area (Å²) < 4.78 is 10.6. The first-order valence-electron chi connectivity index (χ1n) is 11.0. The Morgan fingerprint density at radius 1 is 1.12 bits per heavy atom. The second-order valence-corrected chi connectivity index (χ2v) is 8.86. The number of nitrogens with zero attached hydrogens (tertiary/aromatic N) is 1. The average Bonchev–Trinajstić information content (AvgIpc) is 3.29. The summed E-state index contributed by atoms with van der Waals surface area (Å²) in [5.74, 6) is 2.12. The van der Waals surface area contributed by atoms with Gasteiger partial charge in [-0.15, -0.1) is 11.8 Å². The summed E-state index contributed by atoms with van der Waals surface area (Å²) in [7, 11) is 3.18. The van der Waals surface area contributed by atoms with Crippen LogP contribution in [0.3, 0.4) is 0 Å². The number of methoxy groups -OCH3 is 2. The van der Waals surface area contributed by atoms with E-state index in [1.165, 1.54) is 4.90 Å². The van der Waals surface area contributed by atoms with E-state index in [0.717, 1.165) is 39.0 Å². The Kier molecular flexibility index (Phi) is 7.54. The molecule has 7 heteroatoms. The fourth-order valence-corrected chi connectivity index (χ4v) is 4.50. The monoisotopic (exact) mass is 473 g/mol. The Hall–Kier alpha value is -3.71. The fraction of sp³-hybridized carbons (Fsp3) is 0.185. The maximum Gasteiger partial charge on any atom is 0.244 e. The van der Waals surface area contributed by atoms with Gasteiger partial charge in [-0.1, -0.05) is 25.1 Å². The lowest BCUT2D eigenvalue weighted by Crippen LogP contribution is -2.20. The average molecular weight is 474 g/mol. The molecule has 0 saturated carbocycles. The van der Waals surface area contributed by atoms with Gasteiger partial charge in [0.1, 0.15) is 5.65 Å². The number of rotatable bonds is 9. The zero-order chi connectivity index (χ0) is 23.9. The standard InChI is InChI=1S/C27H27N3O3S/c1-4-34-21-7-5-6-19(15-21)22-12-13-28-27-26(22)20(17-30-27)9-11-25(31)29-16-18-8-10-23(32-2)24(14-18)33-3/h5-15,17H,4,16H2,1-3H3,(H,28,30)(H,29,31)/b11-9+. The molecule has 2 N–H and O–H groups in total. The highest BCUT2D eigenvalue weighted by Gasteiger charge is 2.11. The molecule has 2 heterocycles. The third-order valence-electron chi connectivity index (χ3n) is 5.39. The van der Waals surface area contributed by atoms with Crippen LogP contribution in [0, 0.1) is 0 Å². The molecule has 0 spiro atoms. The van der Waals surface area contributed by atoms with Crippen LogP contribution in [0.1, 0.15) is 18.1 Å². The van der Waals surface area contributed by atoms with Gasteiger partial charge in [0.2, 0.25) is 5.91 Å². The van der Waals surface area contributed by atoms with Crippen molar-refractivity contribution in [2.24, 2.45) is 0 Å². The van der Waals surface area contributed by atoms with Crippen molar-refractivity contribution in [1.82, 2.24) is 15.3 Å². The molecule has 1 amide bonds. The summed E-state index contributed by atoms with van der Waals surface area (Å²) in [6.07, 6.45) is 7.04. The topological polar surface area (TPSA) is 76.2 Å². The minimum absolute atomic E-state index is 0.184. The molecule has 0 aliphatic rings. The first-order valence-corrected chi connectivity index (χ1v) is 12.0. The number of thioether (sulfide) groups is 1. The summed E-state index contributed by atoms with van der Waals surface area (Å²) >= 11 is 1.81. The van der Waals surface area contributed by atoms with E-state index in [-0.39, 0.29) is 5.91 Å². The van der Waals surface area contributed by atoms with Crippen LogP contribution in [-0.4, -0.2) is 35.8 Å². The molecular weight excluding hydrogens is 446 g/mol. The number of nitrogens with one attached hydrogen (secondary N) is 2. The maximum absolute atomic E-state index is 12.5. The van der Waals surface area contributed by atoms with Gasteiger partial charge in [0.15, 0.2) is 11.5 Å². The number of carbonyl (C=O) groups excluding carboxylic acids is 1. The van der Waals surface area contributed by atoms with Crippen molar-refractivity contribution in [3.8, 4) is 22.6 Å². The molecule has 6 nitrogen and oxygen atoms in total. The molecule has 174 valence electrons. The van der Waals surface area contributed by atoms with Gasteiger partial charge < -0.3 is 19.8 Å². The normalized spacial score (nSPS) is 11.1. The zero-order valence-corrected chi connectivity index (χ0v) is 20.2. The van der Waals surface area contributed by atoms with Gasteiger partial charge in [-0.2, -0.15) is 0 Å². The molecule has 34 heavy (non-hydrogen) atoms. The quantitative estimate of drug-likeness (QED) is 0.241. The second kappa shape index (κ2) is 10.9. The van der Waals surface area contributed by atoms with Gasteiger partial charge in [0.25, 0.3) is 0 Å². The number of pyridine rings is 1. The molecule has 4 rings (SSSR count). The number of ether oxygens (including phenoxy) is 2. The van der Waals surface area contributed by atoms with Gasteiger partial charge in [0.05, 0.1) is 14.2 Å². The lowest BCUT2D eigenvalue weighted by atomic mass is 10.0. The van der Waals surface area contributed by atoms with Gasteiger partial charge in [0, 0.05) is 40.9 Å². The molecule has 0 saturated heterocycles. The van der Waals surface area contributed by atoms with Crippen molar-refractivity contribution in [3.63, 3.8) is 0 Å². The molecule has 0 aliphatic heterocycles. The van der Waals surface area contributed by atoms with Gasteiger partial charge in [-0.25, -0.2) is 4.98 Å². The summed E-state index contributed by atoms with van der Waals surface area (Å²) in [6.45, 7) is 2.53. The van der Waals surface area contributed by atoms with E-state index in [4.69, 9.17) is 9.47 Å². The Balaban J connectivity index is 1.53. The van der Waals surface area contributed by atoms with Crippen LogP contribution in [-0.2, 0) is 11.3 Å². The van der Waals surface area contributed by atoms with E-state index in [9.17, 15) is 4.79 Å². The number of hydrogen-bond donors (Lipinski definition) is 2. The van der Waals surface area contributed by atoms with Crippen LogP contribution in [0.15, 0.2) is 71.9 Å². The van der Waals surface area contributed by atoms with E-state index in [0.29, 0.717) is 18.0 Å². The predicted molar refractivity (Wildman–Crippen MR) is 138 cm³/mol.